The predicted octanol–water partition coefficient (Wildman–Crippen LogP) is 3.98. The molecular weight excluding hydrogens is 326 g/mol. The lowest BCUT2D eigenvalue weighted by Gasteiger charge is -2.21. The number of nitrogen functional groups attached to an aromatic ring is 1. The van der Waals surface area contributed by atoms with Crippen LogP contribution in [0.5, 0.6) is 5.75 Å². The number of rotatable bonds is 5. The van der Waals surface area contributed by atoms with Gasteiger partial charge in [-0.15, -0.1) is 5.92 Å². The van der Waals surface area contributed by atoms with Crippen LogP contribution in [0.3, 0.4) is 0 Å². The molecule has 0 aliphatic carbocycles. The Morgan fingerprint density at radius 3 is 2.35 bits per heavy atom. The van der Waals surface area contributed by atoms with Gasteiger partial charge in [0, 0.05) is 5.56 Å². The Labute approximate surface area is 155 Å². The first-order valence-corrected chi connectivity index (χ1v) is 8.48. The Morgan fingerprint density at radius 2 is 1.77 bits per heavy atom. The largest absolute Gasteiger partial charge is 0.478 e. The highest BCUT2D eigenvalue weighted by atomic mass is 16.5. The number of ether oxygens (including phenoxy) is 2. The average Bonchev–Trinajstić information content (AvgIpc) is 2.63. The van der Waals surface area contributed by atoms with E-state index < -0.39 is 0 Å². The van der Waals surface area contributed by atoms with Crippen LogP contribution >= 0.6 is 0 Å². The van der Waals surface area contributed by atoms with Gasteiger partial charge in [-0.3, -0.25) is 4.79 Å². The first-order valence-electron chi connectivity index (χ1n) is 8.48. The zero-order valence-electron chi connectivity index (χ0n) is 16.0. The van der Waals surface area contributed by atoms with Gasteiger partial charge in [0.2, 0.25) is 0 Å². The van der Waals surface area contributed by atoms with Gasteiger partial charge < -0.3 is 15.2 Å². The van der Waals surface area contributed by atoms with Crippen LogP contribution in [0.15, 0.2) is 24.3 Å². The summed E-state index contributed by atoms with van der Waals surface area (Å²) in [5.41, 5.74) is 12.6. The number of carbonyl (C=O) groups excluding carboxylic acids is 1. The molecule has 0 aliphatic rings. The third-order valence-corrected chi connectivity index (χ3v) is 4.47. The van der Waals surface area contributed by atoms with Crippen molar-refractivity contribution >= 4 is 11.7 Å². The molecule has 26 heavy (non-hydrogen) atoms. The van der Waals surface area contributed by atoms with Crippen molar-refractivity contribution in [2.45, 2.75) is 34.1 Å². The number of hydrogen-bond acceptors (Lipinski definition) is 4. The number of nitrogens with two attached hydrogens (primary N) is 1. The molecule has 0 saturated heterocycles. The van der Waals surface area contributed by atoms with Gasteiger partial charge in [-0.1, -0.05) is 35.7 Å². The van der Waals surface area contributed by atoms with Gasteiger partial charge in [-0.05, 0) is 49.9 Å². The van der Waals surface area contributed by atoms with Crippen LogP contribution in [0.4, 0.5) is 5.69 Å². The summed E-state index contributed by atoms with van der Waals surface area (Å²) >= 11 is 0. The Balaban J connectivity index is 2.71. The first-order chi connectivity index (χ1) is 12.4. The van der Waals surface area contributed by atoms with Gasteiger partial charge in [-0.25, -0.2) is 0 Å². The van der Waals surface area contributed by atoms with Gasteiger partial charge >= 0.3 is 5.97 Å². The van der Waals surface area contributed by atoms with Crippen LogP contribution < -0.4 is 10.5 Å². The number of aryl methyl sites for hydroxylation is 1. The van der Waals surface area contributed by atoms with Crippen molar-refractivity contribution in [1.29, 1.82) is 0 Å². The molecule has 0 aromatic heterocycles. The van der Waals surface area contributed by atoms with Crippen LogP contribution in [-0.4, -0.2) is 19.7 Å². The van der Waals surface area contributed by atoms with Gasteiger partial charge in [0.05, 0.1) is 19.2 Å². The second-order valence-corrected chi connectivity index (χ2v) is 6.18. The Morgan fingerprint density at radius 1 is 1.12 bits per heavy atom. The lowest BCUT2D eigenvalue weighted by molar-refractivity contribution is -0.139. The van der Waals surface area contributed by atoms with E-state index >= 15 is 0 Å². The molecule has 0 amide bonds. The maximum atomic E-state index is 12.0. The molecule has 4 heteroatoms. The van der Waals surface area contributed by atoms with E-state index in [1.807, 2.05) is 45.0 Å². The zero-order valence-corrected chi connectivity index (χ0v) is 16.0. The third-order valence-electron chi connectivity index (χ3n) is 4.47. The molecule has 4 nitrogen and oxygen atoms in total. The van der Waals surface area contributed by atoms with Gasteiger partial charge in [-0.2, -0.15) is 0 Å². The molecule has 0 radical (unpaired) electrons. The predicted molar refractivity (Wildman–Crippen MR) is 105 cm³/mol. The topological polar surface area (TPSA) is 61.5 Å². The molecule has 0 saturated carbocycles. The monoisotopic (exact) mass is 351 g/mol. The minimum atomic E-state index is -0.300. The molecule has 2 N–H and O–H groups in total. The fourth-order valence-corrected chi connectivity index (χ4v) is 2.98. The zero-order chi connectivity index (χ0) is 19.3. The molecule has 0 atom stereocenters. The third kappa shape index (κ3) is 4.00. The lowest BCUT2D eigenvalue weighted by Crippen LogP contribution is -2.12. The molecular formula is C22H25NO3. The summed E-state index contributed by atoms with van der Waals surface area (Å²) in [6.45, 7) is 7.94. The van der Waals surface area contributed by atoms with Crippen molar-refractivity contribution in [3.63, 3.8) is 0 Å². The van der Waals surface area contributed by atoms with Crippen molar-refractivity contribution < 1.29 is 14.3 Å². The summed E-state index contributed by atoms with van der Waals surface area (Å²) in [6, 6.07) is 8.18. The number of methoxy groups -OCH3 is 1. The number of benzene rings is 2. The molecule has 136 valence electrons. The van der Waals surface area contributed by atoms with Crippen LogP contribution in [-0.2, 0) is 16.0 Å². The molecule has 0 bridgehead atoms. The second kappa shape index (κ2) is 8.44. The molecule has 0 fully saturated rings. The van der Waals surface area contributed by atoms with Crippen molar-refractivity contribution in [2.75, 3.05) is 19.5 Å². The van der Waals surface area contributed by atoms with E-state index in [1.54, 1.807) is 6.92 Å². The van der Waals surface area contributed by atoms with Crippen LogP contribution in [0.1, 0.15) is 29.2 Å². The lowest BCUT2D eigenvalue weighted by atomic mass is 9.88. The SMILES string of the molecule is CC#CCOc1c(C)c(-c2ccc(C)cc2)c(CC(=O)OC)c(C)c1N. The van der Waals surface area contributed by atoms with E-state index in [4.69, 9.17) is 15.2 Å². The maximum Gasteiger partial charge on any atom is 0.310 e. The van der Waals surface area contributed by atoms with E-state index in [9.17, 15) is 4.79 Å². The summed E-state index contributed by atoms with van der Waals surface area (Å²) < 4.78 is 10.7. The highest BCUT2D eigenvalue weighted by Crippen LogP contribution is 2.41. The molecule has 0 heterocycles. The maximum absolute atomic E-state index is 12.0. The van der Waals surface area contributed by atoms with Crippen molar-refractivity contribution in [1.82, 2.24) is 0 Å². The second-order valence-electron chi connectivity index (χ2n) is 6.18. The summed E-state index contributed by atoms with van der Waals surface area (Å²) in [5, 5.41) is 0. The molecule has 2 rings (SSSR count). The van der Waals surface area contributed by atoms with Crippen LogP contribution in [0.2, 0.25) is 0 Å². The molecule has 0 aliphatic heterocycles. The van der Waals surface area contributed by atoms with E-state index in [1.165, 1.54) is 12.7 Å². The Bertz CT molecular complexity index is 871. The quantitative estimate of drug-likeness (QED) is 0.503. The van der Waals surface area contributed by atoms with Crippen molar-refractivity contribution in [2.24, 2.45) is 0 Å². The fourth-order valence-electron chi connectivity index (χ4n) is 2.98. The van der Waals surface area contributed by atoms with E-state index in [-0.39, 0.29) is 19.0 Å². The van der Waals surface area contributed by atoms with E-state index in [2.05, 4.69) is 11.8 Å². The highest BCUT2D eigenvalue weighted by Gasteiger charge is 2.22. The molecule has 0 spiro atoms. The van der Waals surface area contributed by atoms with Gasteiger partial charge in [0.1, 0.15) is 12.4 Å². The minimum absolute atomic E-state index is 0.158. The molecule has 2 aromatic rings. The normalized spacial score (nSPS) is 10.0. The van der Waals surface area contributed by atoms with E-state index in [0.29, 0.717) is 11.4 Å². The Hall–Kier alpha value is -2.93. The summed E-state index contributed by atoms with van der Waals surface area (Å²) in [6.07, 6.45) is 0.158. The van der Waals surface area contributed by atoms with Gasteiger partial charge in [0.25, 0.3) is 0 Å². The Kier molecular flexibility index (Phi) is 6.30. The summed E-state index contributed by atoms with van der Waals surface area (Å²) in [7, 11) is 1.39. The number of hydrogen-bond donors (Lipinski definition) is 1. The summed E-state index contributed by atoms with van der Waals surface area (Å²) in [4.78, 5) is 12.0. The van der Waals surface area contributed by atoms with Crippen LogP contribution in [0, 0.1) is 32.6 Å². The standard InChI is InChI=1S/C22H25NO3/c1-6-7-12-26-22-16(4)20(17-10-8-14(2)9-11-17)18(13-19(24)25-5)15(3)21(22)23/h8-11H,12-13,23H2,1-5H3. The van der Waals surface area contributed by atoms with Gasteiger partial charge in [0.15, 0.2) is 0 Å². The number of esters is 1. The molecule has 2 aromatic carbocycles. The fraction of sp³-hybridized carbons (Fsp3) is 0.318. The average molecular weight is 351 g/mol. The number of carbonyl (C=O) groups is 1. The van der Waals surface area contributed by atoms with Crippen LogP contribution in [0.25, 0.3) is 11.1 Å². The minimum Gasteiger partial charge on any atom is -0.478 e. The molecule has 0 unspecified atom stereocenters. The van der Waals surface area contributed by atoms with Crippen molar-refractivity contribution in [3.8, 4) is 28.7 Å². The highest BCUT2D eigenvalue weighted by molar-refractivity contribution is 5.85. The smallest absolute Gasteiger partial charge is 0.310 e. The van der Waals surface area contributed by atoms with Crippen molar-refractivity contribution in [3.05, 3.63) is 46.5 Å². The first kappa shape index (κ1) is 19.4. The van der Waals surface area contributed by atoms with E-state index in [0.717, 1.165) is 27.8 Å². The summed E-state index contributed by atoms with van der Waals surface area (Å²) in [5.74, 6) is 6.02. The number of anilines is 1.